The van der Waals surface area contributed by atoms with E-state index in [1.54, 1.807) is 14.2 Å². The minimum atomic E-state index is -0.126. The van der Waals surface area contributed by atoms with E-state index in [9.17, 15) is 4.79 Å². The van der Waals surface area contributed by atoms with Gasteiger partial charge >= 0.3 is 0 Å². The molecule has 30 heavy (non-hydrogen) atoms. The average molecular weight is 400 g/mol. The highest BCUT2D eigenvalue weighted by molar-refractivity contribution is 5.94. The molecule has 4 rings (SSSR count). The zero-order valence-electron chi connectivity index (χ0n) is 17.0. The van der Waals surface area contributed by atoms with Crippen molar-refractivity contribution in [1.29, 1.82) is 0 Å². The first-order valence-electron chi connectivity index (χ1n) is 9.83. The molecule has 0 aliphatic rings. The predicted octanol–water partition coefficient (Wildman–Crippen LogP) is 4.75. The normalized spacial score (nSPS) is 11.8. The molecule has 3 aromatic carbocycles. The second-order valence-corrected chi connectivity index (χ2v) is 7.00. The smallest absolute Gasteiger partial charge is 0.251 e. The number of aromatic amines is 1. The van der Waals surface area contributed by atoms with Crippen LogP contribution in [0.1, 0.15) is 27.4 Å². The van der Waals surface area contributed by atoms with Gasteiger partial charge in [-0.15, -0.1) is 0 Å². The van der Waals surface area contributed by atoms with Gasteiger partial charge in [0.1, 0.15) is 0 Å². The molecule has 5 heteroatoms. The number of benzene rings is 3. The summed E-state index contributed by atoms with van der Waals surface area (Å²) in [6, 6.07) is 23.2. The van der Waals surface area contributed by atoms with Gasteiger partial charge < -0.3 is 19.8 Å². The molecule has 0 saturated carbocycles. The number of methoxy groups -OCH3 is 2. The quantitative estimate of drug-likeness (QED) is 0.471. The van der Waals surface area contributed by atoms with Crippen LogP contribution in [-0.2, 0) is 0 Å². The van der Waals surface area contributed by atoms with Gasteiger partial charge in [0.2, 0.25) is 0 Å². The molecule has 0 saturated heterocycles. The molecule has 1 atom stereocenters. The maximum absolute atomic E-state index is 12.7. The summed E-state index contributed by atoms with van der Waals surface area (Å²) in [5.74, 6) is 1.10. The molecule has 0 bridgehead atoms. The van der Waals surface area contributed by atoms with Gasteiger partial charge in [0, 0.05) is 40.7 Å². The van der Waals surface area contributed by atoms with Gasteiger partial charge in [0.25, 0.3) is 5.91 Å². The number of H-pyrrole nitrogens is 1. The molecule has 0 radical (unpaired) electrons. The van der Waals surface area contributed by atoms with Crippen LogP contribution in [0, 0.1) is 0 Å². The molecule has 152 valence electrons. The summed E-state index contributed by atoms with van der Waals surface area (Å²) in [6.45, 7) is 0.416. The lowest BCUT2D eigenvalue weighted by Gasteiger charge is -2.22. The van der Waals surface area contributed by atoms with Crippen molar-refractivity contribution in [2.24, 2.45) is 0 Å². The number of aromatic nitrogens is 1. The van der Waals surface area contributed by atoms with E-state index < -0.39 is 0 Å². The van der Waals surface area contributed by atoms with Crippen molar-refractivity contribution in [3.05, 3.63) is 95.7 Å². The Balaban J connectivity index is 1.75. The maximum Gasteiger partial charge on any atom is 0.251 e. The second kappa shape index (κ2) is 8.74. The van der Waals surface area contributed by atoms with Gasteiger partial charge in [-0.05, 0) is 29.8 Å². The van der Waals surface area contributed by atoms with Crippen molar-refractivity contribution >= 4 is 16.8 Å². The van der Waals surface area contributed by atoms with Crippen LogP contribution in [0.5, 0.6) is 11.5 Å². The fraction of sp³-hybridized carbons (Fsp3) is 0.160. The largest absolute Gasteiger partial charge is 0.493 e. The Morgan fingerprint density at radius 3 is 2.43 bits per heavy atom. The van der Waals surface area contributed by atoms with Crippen molar-refractivity contribution < 1.29 is 14.3 Å². The fourth-order valence-corrected chi connectivity index (χ4v) is 3.84. The number of hydrogen-bond acceptors (Lipinski definition) is 3. The lowest BCUT2D eigenvalue weighted by Crippen LogP contribution is -2.29. The van der Waals surface area contributed by atoms with Crippen LogP contribution in [0.3, 0.4) is 0 Å². The van der Waals surface area contributed by atoms with Crippen molar-refractivity contribution in [3.63, 3.8) is 0 Å². The molecule has 1 amide bonds. The highest BCUT2D eigenvalue weighted by Crippen LogP contribution is 2.40. The molecular formula is C25H24N2O3. The number of carbonyl (C=O) groups is 1. The fourth-order valence-electron chi connectivity index (χ4n) is 3.84. The van der Waals surface area contributed by atoms with E-state index in [0.717, 1.165) is 22.0 Å². The Morgan fingerprint density at radius 2 is 1.67 bits per heavy atom. The number of hydrogen-bond donors (Lipinski definition) is 2. The monoisotopic (exact) mass is 400 g/mol. The Morgan fingerprint density at radius 1 is 0.900 bits per heavy atom. The number of ether oxygens (including phenoxy) is 2. The Bertz CT molecular complexity index is 1150. The number of carbonyl (C=O) groups excluding carboxylic acids is 1. The van der Waals surface area contributed by atoms with Crippen molar-refractivity contribution in [3.8, 4) is 11.5 Å². The summed E-state index contributed by atoms with van der Waals surface area (Å²) in [4.78, 5) is 16.1. The van der Waals surface area contributed by atoms with Crippen LogP contribution in [0.2, 0.25) is 0 Å². The topological polar surface area (TPSA) is 63.3 Å². The third-order valence-electron chi connectivity index (χ3n) is 5.31. The zero-order valence-corrected chi connectivity index (χ0v) is 17.0. The van der Waals surface area contributed by atoms with Crippen LogP contribution in [-0.4, -0.2) is 31.7 Å². The van der Waals surface area contributed by atoms with Gasteiger partial charge in [0.15, 0.2) is 11.5 Å². The first-order valence-corrected chi connectivity index (χ1v) is 9.83. The molecule has 1 unspecified atom stereocenters. The minimum absolute atomic E-state index is 0.109. The van der Waals surface area contributed by atoms with Gasteiger partial charge in [-0.3, -0.25) is 4.79 Å². The Hall–Kier alpha value is -3.73. The Labute approximate surface area is 175 Å². The molecule has 2 N–H and O–H groups in total. The van der Waals surface area contributed by atoms with Crippen LogP contribution in [0.4, 0.5) is 0 Å². The third kappa shape index (κ3) is 3.74. The number of nitrogens with one attached hydrogen (secondary N) is 2. The zero-order chi connectivity index (χ0) is 20.9. The van der Waals surface area contributed by atoms with Crippen molar-refractivity contribution in [2.75, 3.05) is 20.8 Å². The van der Waals surface area contributed by atoms with E-state index >= 15 is 0 Å². The number of fused-ring (bicyclic) bond motifs is 1. The minimum Gasteiger partial charge on any atom is -0.493 e. The number of rotatable bonds is 7. The van der Waals surface area contributed by atoms with Crippen molar-refractivity contribution in [1.82, 2.24) is 10.3 Å². The first kappa shape index (κ1) is 19.6. The molecule has 5 nitrogen and oxygen atoms in total. The van der Waals surface area contributed by atoms with Crippen LogP contribution < -0.4 is 14.8 Å². The molecule has 0 spiro atoms. The van der Waals surface area contributed by atoms with E-state index in [4.69, 9.17) is 9.47 Å². The molecule has 1 heterocycles. The first-order chi connectivity index (χ1) is 14.7. The van der Waals surface area contributed by atoms with Crippen LogP contribution in [0.15, 0.2) is 79.0 Å². The number of para-hydroxylation sites is 2. The predicted molar refractivity (Wildman–Crippen MR) is 118 cm³/mol. The van der Waals surface area contributed by atoms with E-state index in [1.807, 2.05) is 72.9 Å². The van der Waals surface area contributed by atoms with E-state index in [-0.39, 0.29) is 11.8 Å². The van der Waals surface area contributed by atoms with E-state index in [1.165, 1.54) is 0 Å². The summed E-state index contributed by atoms with van der Waals surface area (Å²) < 4.78 is 11.2. The van der Waals surface area contributed by atoms with Gasteiger partial charge in [0.05, 0.1) is 14.2 Å². The van der Waals surface area contributed by atoms with Gasteiger partial charge in [-0.25, -0.2) is 0 Å². The average Bonchev–Trinajstić information content (AvgIpc) is 3.23. The summed E-state index contributed by atoms with van der Waals surface area (Å²) in [5, 5.41) is 4.20. The molecule has 0 aliphatic carbocycles. The van der Waals surface area contributed by atoms with E-state index in [2.05, 4.69) is 16.4 Å². The third-order valence-corrected chi connectivity index (χ3v) is 5.31. The van der Waals surface area contributed by atoms with Crippen LogP contribution >= 0.6 is 0 Å². The van der Waals surface area contributed by atoms with Crippen LogP contribution in [0.25, 0.3) is 10.9 Å². The number of amides is 1. The highest BCUT2D eigenvalue weighted by atomic mass is 16.5. The van der Waals surface area contributed by atoms with E-state index in [0.29, 0.717) is 23.6 Å². The van der Waals surface area contributed by atoms with Crippen molar-refractivity contribution in [2.45, 2.75) is 5.92 Å². The Kier molecular flexibility index (Phi) is 5.70. The molecule has 0 aliphatic heterocycles. The van der Waals surface area contributed by atoms with Gasteiger partial charge in [-0.1, -0.05) is 48.5 Å². The summed E-state index contributed by atoms with van der Waals surface area (Å²) in [7, 11) is 3.26. The summed E-state index contributed by atoms with van der Waals surface area (Å²) in [5.41, 5.74) is 3.72. The molecule has 4 aromatic rings. The summed E-state index contributed by atoms with van der Waals surface area (Å²) in [6.07, 6.45) is 2.00. The standard InChI is InChI=1S/C25H24N2O3/c1-29-23-14-8-12-19(24(23)30-2)21(16-27-25(28)17-9-4-3-5-10-17)20-15-26-22-13-7-6-11-18(20)22/h3-15,21,26H,16H2,1-2H3,(H,27,28). The SMILES string of the molecule is COc1cccc(C(CNC(=O)c2ccccc2)c2c[nH]c3ccccc23)c1OC. The lowest BCUT2D eigenvalue weighted by atomic mass is 9.89. The molecular weight excluding hydrogens is 376 g/mol. The van der Waals surface area contributed by atoms with Gasteiger partial charge in [-0.2, -0.15) is 0 Å². The summed E-state index contributed by atoms with van der Waals surface area (Å²) >= 11 is 0. The maximum atomic E-state index is 12.7. The molecule has 0 fully saturated rings. The molecule has 1 aromatic heterocycles. The lowest BCUT2D eigenvalue weighted by molar-refractivity contribution is 0.0952. The second-order valence-electron chi connectivity index (χ2n) is 7.00. The highest BCUT2D eigenvalue weighted by Gasteiger charge is 2.24.